The van der Waals surface area contributed by atoms with E-state index in [0.29, 0.717) is 46.1 Å². The molecule has 7 heteroatoms. The van der Waals surface area contributed by atoms with Crippen LogP contribution in [0.2, 0.25) is 0 Å². The summed E-state index contributed by atoms with van der Waals surface area (Å²) in [6.07, 6.45) is 15.7. The Morgan fingerprint density at radius 1 is 0.531 bits per heavy atom. The molecule has 0 saturated heterocycles. The predicted octanol–water partition coefficient (Wildman–Crippen LogP) is 10.1. The highest BCUT2D eigenvalue weighted by molar-refractivity contribution is 7.80. The van der Waals surface area contributed by atoms with E-state index in [2.05, 4.69) is 19.6 Å². The molecule has 0 N–H and O–H groups in total. The summed E-state index contributed by atoms with van der Waals surface area (Å²) in [5.74, 6) is 0.527. The molecule has 6 nitrogen and oxygen atoms in total. The van der Waals surface area contributed by atoms with Crippen LogP contribution in [0.3, 0.4) is 0 Å². The van der Waals surface area contributed by atoms with Gasteiger partial charge in [-0.1, -0.05) is 101 Å². The molecule has 0 heterocycles. The van der Waals surface area contributed by atoms with Crippen LogP contribution in [0.25, 0.3) is 43.1 Å². The second kappa shape index (κ2) is 17.1. The fraction of sp³-hybridized carbons (Fsp3) is 0.429. The lowest BCUT2D eigenvalue weighted by Gasteiger charge is -2.23. The van der Waals surface area contributed by atoms with Crippen molar-refractivity contribution in [2.45, 2.75) is 84.0 Å². The van der Waals surface area contributed by atoms with Crippen molar-refractivity contribution in [3.8, 4) is 0 Å². The largest absolute Gasteiger partial charge is 0.342 e. The van der Waals surface area contributed by atoms with Crippen molar-refractivity contribution in [3.05, 3.63) is 70.8 Å². The zero-order chi connectivity index (χ0) is 34.9. The highest BCUT2D eigenvalue weighted by Gasteiger charge is 2.25. The summed E-state index contributed by atoms with van der Waals surface area (Å²) in [7, 11) is 3.64. The summed E-state index contributed by atoms with van der Waals surface area (Å²) in [4.78, 5) is 56.0. The van der Waals surface area contributed by atoms with E-state index in [1.54, 1.807) is 29.0 Å². The second-order valence-electron chi connectivity index (χ2n) is 13.5. The number of benzene rings is 5. The minimum atomic E-state index is -0.135. The summed E-state index contributed by atoms with van der Waals surface area (Å²) >= 11 is 4.29. The molecule has 0 spiro atoms. The van der Waals surface area contributed by atoms with Gasteiger partial charge in [-0.3, -0.25) is 19.2 Å². The topological polar surface area (TPSA) is 74.8 Å². The molecule has 0 fully saturated rings. The number of hydrogen-bond donors (Lipinski definition) is 1. The van der Waals surface area contributed by atoms with Gasteiger partial charge in [0.15, 0.2) is 12.6 Å². The molecule has 0 radical (unpaired) electrons. The van der Waals surface area contributed by atoms with E-state index in [9.17, 15) is 19.2 Å². The van der Waals surface area contributed by atoms with Gasteiger partial charge in [0.25, 0.3) is 11.8 Å². The number of amides is 2. The van der Waals surface area contributed by atoms with Gasteiger partial charge in [-0.05, 0) is 69.5 Å². The van der Waals surface area contributed by atoms with E-state index < -0.39 is 0 Å². The molecule has 0 aliphatic heterocycles. The Morgan fingerprint density at radius 3 is 1.29 bits per heavy atom. The van der Waals surface area contributed by atoms with E-state index in [4.69, 9.17) is 0 Å². The van der Waals surface area contributed by atoms with Crippen LogP contribution in [0.4, 0.5) is 0 Å². The zero-order valence-electron chi connectivity index (χ0n) is 29.4. The Kier molecular flexibility index (Phi) is 12.7. The molecule has 0 saturated carbocycles. The van der Waals surface area contributed by atoms with Crippen LogP contribution in [0.5, 0.6) is 0 Å². The van der Waals surface area contributed by atoms with Crippen LogP contribution in [0.1, 0.15) is 125 Å². The minimum absolute atomic E-state index is 0.100. The number of fused-ring (bicyclic) bond motifs is 2. The zero-order valence-corrected chi connectivity index (χ0v) is 30.2. The summed E-state index contributed by atoms with van der Waals surface area (Å²) in [5, 5.41) is 6.47. The molecule has 0 unspecified atom stereocenters. The Bertz CT molecular complexity index is 1930. The lowest BCUT2D eigenvalue weighted by Crippen LogP contribution is -2.28. The summed E-state index contributed by atoms with van der Waals surface area (Å²) in [6.45, 7) is 3.50. The van der Waals surface area contributed by atoms with Crippen LogP contribution in [0, 0.1) is 0 Å². The maximum atomic E-state index is 14.0. The lowest BCUT2D eigenvalue weighted by atomic mass is 9.84. The van der Waals surface area contributed by atoms with Gasteiger partial charge in [-0.25, -0.2) is 0 Å². The van der Waals surface area contributed by atoms with E-state index >= 15 is 0 Å². The van der Waals surface area contributed by atoms with Crippen LogP contribution in [-0.2, 0) is 0 Å². The number of thiol groups is 1. The number of hydrogen-bond acceptors (Lipinski definition) is 5. The summed E-state index contributed by atoms with van der Waals surface area (Å²) in [6, 6.07) is 14.9. The molecule has 0 aliphatic carbocycles. The van der Waals surface area contributed by atoms with E-state index in [0.717, 1.165) is 76.3 Å². The van der Waals surface area contributed by atoms with Crippen molar-refractivity contribution in [2.75, 3.05) is 32.9 Å². The van der Waals surface area contributed by atoms with Crippen LogP contribution < -0.4 is 0 Å². The van der Waals surface area contributed by atoms with Gasteiger partial charge in [0.2, 0.25) is 0 Å². The van der Waals surface area contributed by atoms with Crippen molar-refractivity contribution in [3.63, 3.8) is 0 Å². The number of nitrogens with zero attached hydrogens (tertiary/aromatic N) is 2. The van der Waals surface area contributed by atoms with Crippen LogP contribution in [0.15, 0.2) is 48.5 Å². The molecular weight excluding hydrogens is 629 g/mol. The average molecular weight is 679 g/mol. The van der Waals surface area contributed by atoms with Gasteiger partial charge in [-0.2, -0.15) is 12.6 Å². The second-order valence-corrected chi connectivity index (χ2v) is 14.0. The van der Waals surface area contributed by atoms with Crippen LogP contribution in [-0.4, -0.2) is 67.1 Å². The number of rotatable bonds is 19. The maximum Gasteiger partial charge on any atom is 0.254 e. The van der Waals surface area contributed by atoms with E-state index in [1.807, 2.05) is 43.4 Å². The van der Waals surface area contributed by atoms with Gasteiger partial charge in [0.05, 0.1) is 0 Å². The average Bonchev–Trinajstić information content (AvgIpc) is 3.13. The Balaban J connectivity index is 1.49. The quantitative estimate of drug-likeness (QED) is 0.0310. The molecule has 2 amide bonds. The molecule has 49 heavy (non-hydrogen) atoms. The third kappa shape index (κ3) is 7.62. The highest BCUT2D eigenvalue weighted by Crippen LogP contribution is 2.44. The van der Waals surface area contributed by atoms with E-state index in [-0.39, 0.29) is 11.8 Å². The molecule has 0 aliphatic rings. The van der Waals surface area contributed by atoms with Gasteiger partial charge in [0, 0.05) is 60.2 Å². The smallest absolute Gasteiger partial charge is 0.254 e. The third-order valence-electron chi connectivity index (χ3n) is 10.1. The SMILES string of the molecule is CCCCCCCCCCCCN(C)C(=O)c1ccc2c3ccc(C(=O)N(C)CCCCS)c4c(C=O)ccc(c5ccc(C=O)c1c52)c43. The number of unbranched alkanes of at least 4 members (excludes halogenated alkanes) is 10. The molecule has 0 aromatic heterocycles. The molecule has 258 valence electrons. The number of carbonyl (C=O) groups excluding carboxylic acids is 4. The Morgan fingerprint density at radius 2 is 0.898 bits per heavy atom. The predicted molar refractivity (Wildman–Crippen MR) is 207 cm³/mol. The molecule has 0 atom stereocenters. The molecule has 5 aromatic rings. The number of carbonyl (C=O) groups is 4. The van der Waals surface area contributed by atoms with Crippen molar-refractivity contribution in [1.29, 1.82) is 0 Å². The van der Waals surface area contributed by atoms with Gasteiger partial charge >= 0.3 is 0 Å². The van der Waals surface area contributed by atoms with Crippen molar-refractivity contribution < 1.29 is 19.2 Å². The Labute approximate surface area is 295 Å². The third-order valence-corrected chi connectivity index (χ3v) is 10.4. The maximum absolute atomic E-state index is 14.0. The van der Waals surface area contributed by atoms with Gasteiger partial charge in [0.1, 0.15) is 0 Å². The van der Waals surface area contributed by atoms with Gasteiger partial charge < -0.3 is 9.80 Å². The summed E-state index contributed by atoms with van der Waals surface area (Å²) in [5.41, 5.74) is 1.92. The first-order valence-corrected chi connectivity index (χ1v) is 18.7. The fourth-order valence-corrected chi connectivity index (χ4v) is 7.63. The first-order chi connectivity index (χ1) is 23.9. The molecule has 0 bridgehead atoms. The molecule has 5 rings (SSSR count). The lowest BCUT2D eigenvalue weighted by molar-refractivity contribution is 0.0787. The summed E-state index contributed by atoms with van der Waals surface area (Å²) < 4.78 is 0. The molecule has 5 aromatic carbocycles. The van der Waals surface area contributed by atoms with Crippen LogP contribution >= 0.6 is 12.6 Å². The number of aldehydes is 2. The standard InChI is InChI=1S/C42H50N2O4S/c1-4-5-6-7-8-9-10-11-12-13-24-43(2)41(47)35-22-20-33-34-21-23-36(42(48)44(3)25-14-15-26-49)38-30(28-46)17-19-32(40(34)38)31-18-16-29(27-45)37(35)39(31)33/h16-23,27-28,49H,4-15,24-26H2,1-3H3. The normalized spacial score (nSPS) is 11.6. The fourth-order valence-electron chi connectivity index (χ4n) is 7.41. The van der Waals surface area contributed by atoms with Crippen molar-refractivity contribution >= 4 is 80.1 Å². The monoisotopic (exact) mass is 678 g/mol. The van der Waals surface area contributed by atoms with E-state index in [1.165, 1.54) is 51.4 Å². The van der Waals surface area contributed by atoms with Crippen molar-refractivity contribution in [2.24, 2.45) is 0 Å². The van der Waals surface area contributed by atoms with Gasteiger partial charge in [-0.15, -0.1) is 0 Å². The highest BCUT2D eigenvalue weighted by atomic mass is 32.1. The molecular formula is C42H50N2O4S. The first-order valence-electron chi connectivity index (χ1n) is 18.1. The van der Waals surface area contributed by atoms with Crippen molar-refractivity contribution in [1.82, 2.24) is 9.80 Å². The minimum Gasteiger partial charge on any atom is -0.342 e. The first kappa shape index (κ1) is 36.3. The Hall–Kier alpha value is -3.97.